The fourth-order valence-electron chi connectivity index (χ4n) is 3.85. The Kier molecular flexibility index (Phi) is 6.35. The summed E-state index contributed by atoms with van der Waals surface area (Å²) in [6.07, 6.45) is 3.04. The molecule has 1 N–H and O–H groups in total. The monoisotopic (exact) mass is 386 g/mol. The summed E-state index contributed by atoms with van der Waals surface area (Å²) in [7, 11) is -3.34. The van der Waals surface area contributed by atoms with Crippen molar-refractivity contribution in [3.63, 3.8) is 0 Å². The van der Waals surface area contributed by atoms with Crippen molar-refractivity contribution >= 4 is 10.0 Å². The standard InChI is InChI=1S/C22H30N2O2S/c1-17-13-18(2)22(19(3)14-17)16-23-15-20-7-9-21(10-8-20)27(25,26)24-11-5-4-6-12-24/h7-10,13-14,23H,4-6,11-12,15-16H2,1-3H3. The van der Waals surface area contributed by atoms with Crippen LogP contribution in [-0.4, -0.2) is 25.8 Å². The van der Waals surface area contributed by atoms with E-state index in [1.807, 2.05) is 12.1 Å². The van der Waals surface area contributed by atoms with E-state index in [9.17, 15) is 8.42 Å². The Balaban J connectivity index is 1.61. The van der Waals surface area contributed by atoms with E-state index in [-0.39, 0.29) is 0 Å². The molecule has 0 spiro atoms. The number of hydrogen-bond acceptors (Lipinski definition) is 3. The zero-order chi connectivity index (χ0) is 19.4. The van der Waals surface area contributed by atoms with E-state index >= 15 is 0 Å². The molecule has 146 valence electrons. The van der Waals surface area contributed by atoms with Gasteiger partial charge in [-0.2, -0.15) is 4.31 Å². The third-order valence-electron chi connectivity index (χ3n) is 5.35. The summed E-state index contributed by atoms with van der Waals surface area (Å²) in [4.78, 5) is 0.401. The van der Waals surface area contributed by atoms with Gasteiger partial charge in [0.2, 0.25) is 10.0 Å². The van der Waals surface area contributed by atoms with Gasteiger partial charge in [-0.1, -0.05) is 36.2 Å². The van der Waals surface area contributed by atoms with Crippen molar-refractivity contribution in [2.24, 2.45) is 0 Å². The fourth-order valence-corrected chi connectivity index (χ4v) is 5.37. The predicted molar refractivity (Wildman–Crippen MR) is 110 cm³/mol. The molecular weight excluding hydrogens is 356 g/mol. The molecule has 0 saturated carbocycles. The Labute approximate surface area is 163 Å². The maximum atomic E-state index is 12.7. The van der Waals surface area contributed by atoms with Crippen LogP contribution >= 0.6 is 0 Å². The lowest BCUT2D eigenvalue weighted by Gasteiger charge is -2.25. The average Bonchev–Trinajstić information content (AvgIpc) is 2.65. The van der Waals surface area contributed by atoms with Crippen LogP contribution < -0.4 is 5.32 Å². The number of rotatable bonds is 6. The molecule has 0 unspecified atom stereocenters. The first-order valence-electron chi connectivity index (χ1n) is 9.74. The first-order valence-corrected chi connectivity index (χ1v) is 11.2. The van der Waals surface area contributed by atoms with E-state index in [2.05, 4.69) is 38.2 Å². The van der Waals surface area contributed by atoms with Crippen LogP contribution in [0.1, 0.15) is 47.1 Å². The minimum absolute atomic E-state index is 0.401. The van der Waals surface area contributed by atoms with E-state index in [1.54, 1.807) is 16.4 Å². The third-order valence-corrected chi connectivity index (χ3v) is 7.26. The Hall–Kier alpha value is -1.69. The SMILES string of the molecule is Cc1cc(C)c(CNCc2ccc(S(=O)(=O)N3CCCCC3)cc2)c(C)c1. The molecule has 0 aromatic heterocycles. The molecule has 1 fully saturated rings. The summed E-state index contributed by atoms with van der Waals surface area (Å²) in [6.45, 7) is 9.23. The van der Waals surface area contributed by atoms with Gasteiger partial charge >= 0.3 is 0 Å². The third kappa shape index (κ3) is 4.78. The van der Waals surface area contributed by atoms with Crippen molar-refractivity contribution in [3.8, 4) is 0 Å². The summed E-state index contributed by atoms with van der Waals surface area (Å²) >= 11 is 0. The maximum Gasteiger partial charge on any atom is 0.243 e. The molecule has 0 aliphatic carbocycles. The Morgan fingerprint density at radius 3 is 2.07 bits per heavy atom. The highest BCUT2D eigenvalue weighted by molar-refractivity contribution is 7.89. The van der Waals surface area contributed by atoms with Gasteiger partial charge in [-0.05, 0) is 68.0 Å². The van der Waals surface area contributed by atoms with Gasteiger partial charge in [-0.3, -0.25) is 0 Å². The number of piperidine rings is 1. The second-order valence-electron chi connectivity index (χ2n) is 7.59. The van der Waals surface area contributed by atoms with Crippen molar-refractivity contribution in [2.45, 2.75) is 58.0 Å². The molecule has 3 rings (SSSR count). The molecule has 0 amide bonds. The van der Waals surface area contributed by atoms with Crippen LogP contribution in [0.5, 0.6) is 0 Å². The second kappa shape index (κ2) is 8.55. The van der Waals surface area contributed by atoms with Crippen LogP contribution in [0.3, 0.4) is 0 Å². The molecule has 0 radical (unpaired) electrons. The van der Waals surface area contributed by atoms with Crippen molar-refractivity contribution in [2.75, 3.05) is 13.1 Å². The number of hydrogen-bond donors (Lipinski definition) is 1. The molecule has 5 heteroatoms. The molecule has 2 aromatic rings. The highest BCUT2D eigenvalue weighted by Gasteiger charge is 2.25. The van der Waals surface area contributed by atoms with Crippen molar-refractivity contribution in [1.82, 2.24) is 9.62 Å². The van der Waals surface area contributed by atoms with Crippen LogP contribution in [0.15, 0.2) is 41.3 Å². The number of nitrogens with one attached hydrogen (secondary N) is 1. The van der Waals surface area contributed by atoms with E-state index in [0.717, 1.165) is 37.9 Å². The topological polar surface area (TPSA) is 49.4 Å². The summed E-state index contributed by atoms with van der Waals surface area (Å²) in [5, 5.41) is 3.48. The Morgan fingerprint density at radius 1 is 0.889 bits per heavy atom. The number of nitrogens with zero attached hydrogens (tertiary/aromatic N) is 1. The molecule has 0 bridgehead atoms. The van der Waals surface area contributed by atoms with Crippen LogP contribution in [0, 0.1) is 20.8 Å². The molecule has 1 saturated heterocycles. The van der Waals surface area contributed by atoms with Crippen molar-refractivity contribution < 1.29 is 8.42 Å². The molecular formula is C22H30N2O2S. The van der Waals surface area contributed by atoms with Crippen LogP contribution in [0.2, 0.25) is 0 Å². The minimum atomic E-state index is -3.34. The van der Waals surface area contributed by atoms with Gasteiger partial charge in [0, 0.05) is 26.2 Å². The lowest BCUT2D eigenvalue weighted by atomic mass is 10.00. The van der Waals surface area contributed by atoms with Gasteiger partial charge in [0.05, 0.1) is 4.90 Å². The maximum absolute atomic E-state index is 12.7. The van der Waals surface area contributed by atoms with Crippen LogP contribution in [-0.2, 0) is 23.1 Å². The zero-order valence-corrected chi connectivity index (χ0v) is 17.4. The summed E-state index contributed by atoms with van der Waals surface area (Å²) in [5.41, 5.74) is 6.34. The molecule has 1 aliphatic rings. The lowest BCUT2D eigenvalue weighted by Crippen LogP contribution is -2.35. The number of sulfonamides is 1. The van der Waals surface area contributed by atoms with E-state index in [0.29, 0.717) is 18.0 Å². The van der Waals surface area contributed by atoms with Crippen LogP contribution in [0.25, 0.3) is 0 Å². The van der Waals surface area contributed by atoms with Crippen LogP contribution in [0.4, 0.5) is 0 Å². The smallest absolute Gasteiger partial charge is 0.243 e. The predicted octanol–water partition coefficient (Wildman–Crippen LogP) is 4.08. The number of aryl methyl sites for hydroxylation is 3. The highest BCUT2D eigenvalue weighted by Crippen LogP contribution is 2.21. The Morgan fingerprint density at radius 2 is 1.48 bits per heavy atom. The van der Waals surface area contributed by atoms with Gasteiger partial charge in [-0.25, -0.2) is 8.42 Å². The van der Waals surface area contributed by atoms with Gasteiger partial charge in [0.25, 0.3) is 0 Å². The van der Waals surface area contributed by atoms with E-state index in [1.165, 1.54) is 22.3 Å². The zero-order valence-electron chi connectivity index (χ0n) is 16.6. The molecule has 0 atom stereocenters. The first kappa shape index (κ1) is 20.1. The van der Waals surface area contributed by atoms with Gasteiger partial charge in [-0.15, -0.1) is 0 Å². The van der Waals surface area contributed by atoms with Crippen molar-refractivity contribution in [3.05, 3.63) is 64.2 Å². The van der Waals surface area contributed by atoms with E-state index in [4.69, 9.17) is 0 Å². The second-order valence-corrected chi connectivity index (χ2v) is 9.53. The summed E-state index contributed by atoms with van der Waals surface area (Å²) < 4.78 is 27.0. The largest absolute Gasteiger partial charge is 0.309 e. The molecule has 2 aromatic carbocycles. The van der Waals surface area contributed by atoms with Gasteiger partial charge in [0.15, 0.2) is 0 Å². The number of benzene rings is 2. The van der Waals surface area contributed by atoms with Crippen molar-refractivity contribution in [1.29, 1.82) is 0 Å². The average molecular weight is 387 g/mol. The summed E-state index contributed by atoms with van der Waals surface area (Å²) in [6, 6.07) is 11.7. The highest BCUT2D eigenvalue weighted by atomic mass is 32.2. The molecule has 1 heterocycles. The molecule has 1 aliphatic heterocycles. The van der Waals surface area contributed by atoms with E-state index < -0.39 is 10.0 Å². The fraction of sp³-hybridized carbons (Fsp3) is 0.455. The lowest BCUT2D eigenvalue weighted by molar-refractivity contribution is 0.346. The minimum Gasteiger partial charge on any atom is -0.309 e. The normalized spacial score (nSPS) is 15.8. The Bertz CT molecular complexity index is 860. The summed E-state index contributed by atoms with van der Waals surface area (Å²) in [5.74, 6) is 0. The van der Waals surface area contributed by atoms with Gasteiger partial charge in [0.1, 0.15) is 0 Å². The quantitative estimate of drug-likeness (QED) is 0.814. The molecule has 27 heavy (non-hydrogen) atoms. The molecule has 4 nitrogen and oxygen atoms in total. The van der Waals surface area contributed by atoms with Gasteiger partial charge < -0.3 is 5.32 Å². The first-order chi connectivity index (χ1) is 12.9.